The van der Waals surface area contributed by atoms with Gasteiger partial charge in [-0.1, -0.05) is 12.8 Å². The first-order chi connectivity index (χ1) is 5.77. The average molecular weight is 167 g/mol. The van der Waals surface area contributed by atoms with Gasteiger partial charge in [-0.2, -0.15) is 0 Å². The molecule has 2 fully saturated rings. The lowest BCUT2D eigenvalue weighted by atomic mass is 9.82. The van der Waals surface area contributed by atoms with E-state index in [1.807, 2.05) is 4.90 Å². The van der Waals surface area contributed by atoms with Crippen molar-refractivity contribution in [2.45, 2.75) is 32.6 Å². The Bertz CT molecular complexity index is 176. The largest absolute Gasteiger partial charge is 0.342 e. The highest BCUT2D eigenvalue weighted by atomic mass is 16.2. The molecule has 1 amide bonds. The number of likely N-dealkylation sites (tertiary alicyclic amines) is 1. The van der Waals surface area contributed by atoms with Crippen LogP contribution >= 0.6 is 0 Å². The fourth-order valence-electron chi connectivity index (χ4n) is 2.66. The SMILES string of the molecule is CC(=O)N1C[C@H]2CCCC[C@@H]2C1. The summed E-state index contributed by atoms with van der Waals surface area (Å²) >= 11 is 0. The molecule has 1 heterocycles. The molecule has 0 unspecified atom stereocenters. The van der Waals surface area contributed by atoms with E-state index in [4.69, 9.17) is 0 Å². The van der Waals surface area contributed by atoms with Crippen LogP contribution in [0.4, 0.5) is 0 Å². The zero-order valence-corrected chi connectivity index (χ0v) is 7.75. The van der Waals surface area contributed by atoms with Crippen LogP contribution in [0.5, 0.6) is 0 Å². The van der Waals surface area contributed by atoms with Crippen molar-refractivity contribution in [3.8, 4) is 0 Å². The normalized spacial score (nSPS) is 34.9. The maximum absolute atomic E-state index is 11.1. The van der Waals surface area contributed by atoms with E-state index in [9.17, 15) is 4.79 Å². The molecule has 1 aliphatic heterocycles. The first-order valence-electron chi connectivity index (χ1n) is 5.03. The minimum absolute atomic E-state index is 0.268. The quantitative estimate of drug-likeness (QED) is 0.537. The Morgan fingerprint density at radius 3 is 2.08 bits per heavy atom. The van der Waals surface area contributed by atoms with Gasteiger partial charge >= 0.3 is 0 Å². The lowest BCUT2D eigenvalue weighted by molar-refractivity contribution is -0.128. The van der Waals surface area contributed by atoms with Crippen LogP contribution in [0.25, 0.3) is 0 Å². The lowest BCUT2D eigenvalue weighted by Crippen LogP contribution is -2.25. The van der Waals surface area contributed by atoms with E-state index in [2.05, 4.69) is 0 Å². The Morgan fingerprint density at radius 1 is 1.17 bits per heavy atom. The van der Waals surface area contributed by atoms with Gasteiger partial charge < -0.3 is 4.90 Å². The third-order valence-corrected chi connectivity index (χ3v) is 3.42. The second-order valence-electron chi connectivity index (χ2n) is 4.23. The van der Waals surface area contributed by atoms with E-state index < -0.39 is 0 Å². The van der Waals surface area contributed by atoms with Crippen molar-refractivity contribution in [3.63, 3.8) is 0 Å². The summed E-state index contributed by atoms with van der Waals surface area (Å²) in [6.07, 6.45) is 5.47. The van der Waals surface area contributed by atoms with Gasteiger partial charge in [-0.05, 0) is 24.7 Å². The molecule has 2 atom stereocenters. The molecule has 0 bridgehead atoms. The average Bonchev–Trinajstić information content (AvgIpc) is 2.46. The second kappa shape index (κ2) is 3.08. The molecule has 12 heavy (non-hydrogen) atoms. The summed E-state index contributed by atoms with van der Waals surface area (Å²) in [4.78, 5) is 13.1. The summed E-state index contributed by atoms with van der Waals surface area (Å²) in [5, 5.41) is 0. The van der Waals surface area contributed by atoms with Gasteiger partial charge in [0, 0.05) is 20.0 Å². The summed E-state index contributed by atoms with van der Waals surface area (Å²) in [6.45, 7) is 3.78. The van der Waals surface area contributed by atoms with Crippen molar-refractivity contribution in [3.05, 3.63) is 0 Å². The van der Waals surface area contributed by atoms with Crippen molar-refractivity contribution in [1.29, 1.82) is 0 Å². The molecule has 0 spiro atoms. The fraction of sp³-hybridized carbons (Fsp3) is 0.900. The highest BCUT2D eigenvalue weighted by Gasteiger charge is 2.34. The van der Waals surface area contributed by atoms with E-state index in [0.29, 0.717) is 0 Å². The number of fused-ring (bicyclic) bond motifs is 1. The van der Waals surface area contributed by atoms with Crippen LogP contribution in [0.1, 0.15) is 32.6 Å². The predicted octanol–water partition coefficient (Wildman–Crippen LogP) is 1.65. The fourth-order valence-corrected chi connectivity index (χ4v) is 2.66. The summed E-state index contributed by atoms with van der Waals surface area (Å²) in [7, 11) is 0. The van der Waals surface area contributed by atoms with Gasteiger partial charge in [-0.15, -0.1) is 0 Å². The molecule has 2 aliphatic rings. The summed E-state index contributed by atoms with van der Waals surface area (Å²) in [5.74, 6) is 1.94. The number of hydrogen-bond acceptors (Lipinski definition) is 1. The summed E-state index contributed by atoms with van der Waals surface area (Å²) in [6, 6.07) is 0. The number of nitrogens with zero attached hydrogens (tertiary/aromatic N) is 1. The first kappa shape index (κ1) is 8.09. The van der Waals surface area contributed by atoms with Gasteiger partial charge in [0.05, 0.1) is 0 Å². The number of carbonyl (C=O) groups is 1. The number of rotatable bonds is 0. The molecule has 2 rings (SSSR count). The predicted molar refractivity (Wildman–Crippen MR) is 47.7 cm³/mol. The molecule has 0 aromatic rings. The zero-order valence-electron chi connectivity index (χ0n) is 7.75. The first-order valence-corrected chi connectivity index (χ1v) is 5.03. The van der Waals surface area contributed by atoms with E-state index in [0.717, 1.165) is 24.9 Å². The number of amides is 1. The van der Waals surface area contributed by atoms with Gasteiger partial charge in [0.2, 0.25) is 5.91 Å². The topological polar surface area (TPSA) is 20.3 Å². The van der Waals surface area contributed by atoms with Crippen molar-refractivity contribution >= 4 is 5.91 Å². The Kier molecular flexibility index (Phi) is 2.07. The molecule has 0 aromatic carbocycles. The van der Waals surface area contributed by atoms with Gasteiger partial charge in [0.1, 0.15) is 0 Å². The molecule has 2 heteroatoms. The van der Waals surface area contributed by atoms with Crippen LogP contribution in [-0.4, -0.2) is 23.9 Å². The Labute approximate surface area is 73.9 Å². The maximum Gasteiger partial charge on any atom is 0.219 e. The smallest absolute Gasteiger partial charge is 0.219 e. The minimum atomic E-state index is 0.268. The van der Waals surface area contributed by atoms with Crippen LogP contribution in [-0.2, 0) is 4.79 Å². The monoisotopic (exact) mass is 167 g/mol. The van der Waals surface area contributed by atoms with Gasteiger partial charge in [-0.25, -0.2) is 0 Å². The molecule has 2 nitrogen and oxygen atoms in total. The number of hydrogen-bond donors (Lipinski definition) is 0. The molecular formula is C10H17NO. The molecule has 68 valence electrons. The van der Waals surface area contributed by atoms with E-state index in [1.54, 1.807) is 6.92 Å². The Balaban J connectivity index is 1.98. The highest BCUT2D eigenvalue weighted by molar-refractivity contribution is 5.73. The van der Waals surface area contributed by atoms with Gasteiger partial charge in [0.25, 0.3) is 0 Å². The van der Waals surface area contributed by atoms with E-state index >= 15 is 0 Å². The van der Waals surface area contributed by atoms with Crippen LogP contribution in [0.3, 0.4) is 0 Å². The van der Waals surface area contributed by atoms with Crippen LogP contribution in [0, 0.1) is 11.8 Å². The van der Waals surface area contributed by atoms with Crippen molar-refractivity contribution in [2.24, 2.45) is 11.8 Å². The molecule has 1 saturated heterocycles. The standard InChI is InChI=1S/C10H17NO/c1-8(12)11-6-9-4-2-3-5-10(9)7-11/h9-10H,2-7H2,1H3/t9-,10-/m1/s1. The minimum Gasteiger partial charge on any atom is -0.342 e. The van der Waals surface area contributed by atoms with Crippen LogP contribution in [0.15, 0.2) is 0 Å². The van der Waals surface area contributed by atoms with Crippen LogP contribution < -0.4 is 0 Å². The third kappa shape index (κ3) is 1.35. The molecule has 1 saturated carbocycles. The lowest BCUT2D eigenvalue weighted by Gasteiger charge is -2.22. The zero-order chi connectivity index (χ0) is 8.55. The van der Waals surface area contributed by atoms with Gasteiger partial charge in [-0.3, -0.25) is 4.79 Å². The molecule has 0 radical (unpaired) electrons. The Morgan fingerprint density at radius 2 is 1.67 bits per heavy atom. The molecule has 0 aromatic heterocycles. The Hall–Kier alpha value is -0.530. The highest BCUT2D eigenvalue weighted by Crippen LogP contribution is 2.35. The van der Waals surface area contributed by atoms with E-state index in [-0.39, 0.29) is 5.91 Å². The van der Waals surface area contributed by atoms with Crippen molar-refractivity contribution < 1.29 is 4.79 Å². The third-order valence-electron chi connectivity index (χ3n) is 3.42. The molecule has 1 aliphatic carbocycles. The molecule has 0 N–H and O–H groups in total. The van der Waals surface area contributed by atoms with Gasteiger partial charge in [0.15, 0.2) is 0 Å². The van der Waals surface area contributed by atoms with E-state index in [1.165, 1.54) is 25.7 Å². The summed E-state index contributed by atoms with van der Waals surface area (Å²) in [5.41, 5.74) is 0. The van der Waals surface area contributed by atoms with Crippen molar-refractivity contribution in [2.75, 3.05) is 13.1 Å². The second-order valence-corrected chi connectivity index (χ2v) is 4.23. The number of carbonyl (C=O) groups excluding carboxylic acids is 1. The van der Waals surface area contributed by atoms with Crippen LogP contribution in [0.2, 0.25) is 0 Å². The van der Waals surface area contributed by atoms with Crippen molar-refractivity contribution in [1.82, 2.24) is 4.90 Å². The maximum atomic E-state index is 11.1. The summed E-state index contributed by atoms with van der Waals surface area (Å²) < 4.78 is 0. The molecular weight excluding hydrogens is 150 g/mol.